The summed E-state index contributed by atoms with van der Waals surface area (Å²) in [6.45, 7) is 2.63. The SMILES string of the molecule is CCCCCOc1cccc(C2C(=C(O)c3ccc(F)cc3)C(=O)C(=O)N2c2nnc(SCc3ccccc3Cl)s2)c1. The van der Waals surface area contributed by atoms with Crippen LogP contribution in [0.3, 0.4) is 0 Å². The van der Waals surface area contributed by atoms with Crippen LogP contribution in [0.2, 0.25) is 5.02 Å². The van der Waals surface area contributed by atoms with E-state index in [9.17, 15) is 19.1 Å². The first-order chi connectivity index (χ1) is 20.4. The summed E-state index contributed by atoms with van der Waals surface area (Å²) in [5.74, 6) is -1.52. The lowest BCUT2D eigenvalue weighted by atomic mass is 9.95. The van der Waals surface area contributed by atoms with Crippen molar-refractivity contribution in [1.29, 1.82) is 0 Å². The molecule has 1 aliphatic rings. The number of aliphatic hydroxyl groups is 1. The van der Waals surface area contributed by atoms with Crippen molar-refractivity contribution in [2.45, 2.75) is 42.3 Å². The van der Waals surface area contributed by atoms with Crippen LogP contribution in [0.5, 0.6) is 5.75 Å². The Bertz CT molecular complexity index is 1630. The fourth-order valence-electron chi connectivity index (χ4n) is 4.54. The van der Waals surface area contributed by atoms with Gasteiger partial charge in [0.15, 0.2) is 4.34 Å². The topological polar surface area (TPSA) is 92.6 Å². The molecule has 2 heterocycles. The highest BCUT2D eigenvalue weighted by Gasteiger charge is 2.48. The van der Waals surface area contributed by atoms with Crippen molar-refractivity contribution in [2.24, 2.45) is 0 Å². The summed E-state index contributed by atoms with van der Waals surface area (Å²) in [6.07, 6.45) is 2.98. The van der Waals surface area contributed by atoms with Crippen molar-refractivity contribution in [1.82, 2.24) is 10.2 Å². The van der Waals surface area contributed by atoms with E-state index in [1.807, 2.05) is 24.3 Å². The molecule has 5 rings (SSSR count). The molecule has 3 aromatic carbocycles. The Labute approximate surface area is 256 Å². The lowest BCUT2D eigenvalue weighted by Gasteiger charge is -2.23. The van der Waals surface area contributed by atoms with Gasteiger partial charge in [-0.2, -0.15) is 0 Å². The van der Waals surface area contributed by atoms with E-state index < -0.39 is 29.3 Å². The Balaban J connectivity index is 1.52. The minimum Gasteiger partial charge on any atom is -0.507 e. The van der Waals surface area contributed by atoms with Gasteiger partial charge in [-0.25, -0.2) is 4.39 Å². The van der Waals surface area contributed by atoms with Crippen LogP contribution in [0.4, 0.5) is 9.52 Å². The van der Waals surface area contributed by atoms with Crippen LogP contribution in [-0.4, -0.2) is 33.6 Å². The number of benzene rings is 3. The van der Waals surface area contributed by atoms with E-state index in [4.69, 9.17) is 16.3 Å². The van der Waals surface area contributed by atoms with Crippen molar-refractivity contribution in [2.75, 3.05) is 11.5 Å². The number of nitrogens with zero attached hydrogens (tertiary/aromatic N) is 3. The molecule has 0 spiro atoms. The number of hydrogen-bond donors (Lipinski definition) is 1. The summed E-state index contributed by atoms with van der Waals surface area (Å²) in [7, 11) is 0. The molecule has 4 aromatic rings. The van der Waals surface area contributed by atoms with Gasteiger partial charge in [0.25, 0.3) is 5.78 Å². The zero-order valence-corrected chi connectivity index (χ0v) is 25.0. The van der Waals surface area contributed by atoms with Crippen LogP contribution in [0, 0.1) is 5.82 Å². The average molecular weight is 624 g/mol. The molecule has 11 heteroatoms. The Hall–Kier alpha value is -3.73. The zero-order valence-electron chi connectivity index (χ0n) is 22.6. The number of ether oxygens (including phenoxy) is 1. The molecule has 7 nitrogen and oxygen atoms in total. The number of halogens is 2. The normalized spacial score (nSPS) is 16.3. The molecule has 0 bridgehead atoms. The molecule has 1 unspecified atom stereocenters. The maximum atomic E-state index is 13.6. The number of rotatable bonds is 11. The maximum Gasteiger partial charge on any atom is 0.301 e. The number of carbonyl (C=O) groups excluding carboxylic acids is 2. The number of amides is 1. The molecule has 0 radical (unpaired) electrons. The summed E-state index contributed by atoms with van der Waals surface area (Å²) in [5.41, 5.74) is 1.55. The van der Waals surface area contributed by atoms with Crippen LogP contribution in [0.1, 0.15) is 48.9 Å². The van der Waals surface area contributed by atoms with Crippen molar-refractivity contribution < 1.29 is 23.8 Å². The molecule has 0 aliphatic carbocycles. The third kappa shape index (κ3) is 6.51. The van der Waals surface area contributed by atoms with Crippen LogP contribution in [-0.2, 0) is 15.3 Å². The Morgan fingerprint density at radius 1 is 1.07 bits per heavy atom. The van der Waals surface area contributed by atoms with E-state index in [0.29, 0.717) is 33.0 Å². The number of unbranched alkanes of at least 4 members (excludes halogenated alkanes) is 2. The monoisotopic (exact) mass is 623 g/mol. The molecular weight excluding hydrogens is 597 g/mol. The lowest BCUT2D eigenvalue weighted by Crippen LogP contribution is -2.29. The van der Waals surface area contributed by atoms with Gasteiger partial charge in [0, 0.05) is 16.3 Å². The first-order valence-corrected chi connectivity index (χ1v) is 15.5. The molecule has 1 fully saturated rings. The second kappa shape index (κ2) is 13.5. The molecule has 1 amide bonds. The highest BCUT2D eigenvalue weighted by Crippen LogP contribution is 2.44. The van der Waals surface area contributed by atoms with Crippen LogP contribution in [0.25, 0.3) is 5.76 Å². The van der Waals surface area contributed by atoms with E-state index in [-0.39, 0.29) is 16.3 Å². The van der Waals surface area contributed by atoms with Gasteiger partial charge in [0.1, 0.15) is 17.3 Å². The standard InChI is InChI=1S/C31H27ClFN3O4S2/c1-2-3-6-16-40-23-10-7-9-20(17-23)26-25(27(37)19-12-14-22(33)15-13-19)28(38)29(39)36(26)30-34-35-31(42-30)41-18-21-8-4-5-11-24(21)32/h4-5,7-15,17,26,37H,2-3,6,16,18H2,1H3. The predicted molar refractivity (Wildman–Crippen MR) is 164 cm³/mol. The van der Waals surface area contributed by atoms with Crippen molar-refractivity contribution in [3.63, 3.8) is 0 Å². The Kier molecular flexibility index (Phi) is 9.56. The zero-order chi connectivity index (χ0) is 29.6. The molecule has 216 valence electrons. The van der Waals surface area contributed by atoms with Gasteiger partial charge in [-0.15, -0.1) is 10.2 Å². The number of carbonyl (C=O) groups is 2. The summed E-state index contributed by atoms with van der Waals surface area (Å²) in [6, 6.07) is 18.6. The number of aromatic nitrogens is 2. The quantitative estimate of drug-likeness (QED) is 0.0455. The van der Waals surface area contributed by atoms with Crippen molar-refractivity contribution in [3.05, 3.63) is 106 Å². The molecule has 42 heavy (non-hydrogen) atoms. The number of Topliss-reactive ketones (excluding diaryl/α,β-unsaturated/α-hetero) is 1. The number of thioether (sulfide) groups is 1. The second-order valence-electron chi connectivity index (χ2n) is 9.53. The van der Waals surface area contributed by atoms with Crippen LogP contribution < -0.4 is 9.64 Å². The Morgan fingerprint density at radius 2 is 1.86 bits per heavy atom. The van der Waals surface area contributed by atoms with Crippen molar-refractivity contribution >= 4 is 57.3 Å². The van der Waals surface area contributed by atoms with E-state index in [1.165, 1.54) is 40.9 Å². The molecule has 0 saturated carbocycles. The second-order valence-corrected chi connectivity index (χ2v) is 12.1. The van der Waals surface area contributed by atoms with Gasteiger partial charge in [0.2, 0.25) is 5.13 Å². The molecule has 1 aliphatic heterocycles. The molecule has 1 saturated heterocycles. The van der Waals surface area contributed by atoms with Gasteiger partial charge in [-0.05, 0) is 60.0 Å². The number of aliphatic hydroxyl groups excluding tert-OH is 1. The van der Waals surface area contributed by atoms with E-state index in [1.54, 1.807) is 24.3 Å². The first-order valence-electron chi connectivity index (χ1n) is 13.4. The van der Waals surface area contributed by atoms with Gasteiger partial charge < -0.3 is 9.84 Å². The van der Waals surface area contributed by atoms with Crippen molar-refractivity contribution in [3.8, 4) is 5.75 Å². The van der Waals surface area contributed by atoms with Gasteiger partial charge in [0.05, 0.1) is 18.2 Å². The van der Waals surface area contributed by atoms with Crippen LogP contribution in [0.15, 0.2) is 82.7 Å². The lowest BCUT2D eigenvalue weighted by molar-refractivity contribution is -0.132. The number of anilines is 1. The molecule has 1 aromatic heterocycles. The number of hydrogen-bond acceptors (Lipinski definition) is 8. The summed E-state index contributed by atoms with van der Waals surface area (Å²) < 4.78 is 20.1. The van der Waals surface area contributed by atoms with E-state index >= 15 is 0 Å². The van der Waals surface area contributed by atoms with E-state index in [0.717, 1.165) is 36.2 Å². The maximum absolute atomic E-state index is 13.6. The van der Waals surface area contributed by atoms with Crippen LogP contribution >= 0.6 is 34.7 Å². The largest absolute Gasteiger partial charge is 0.507 e. The third-order valence-corrected chi connectivity index (χ3v) is 9.14. The van der Waals surface area contributed by atoms with E-state index in [2.05, 4.69) is 17.1 Å². The smallest absolute Gasteiger partial charge is 0.301 e. The summed E-state index contributed by atoms with van der Waals surface area (Å²) >= 11 is 8.86. The predicted octanol–water partition coefficient (Wildman–Crippen LogP) is 7.82. The number of ketones is 1. The summed E-state index contributed by atoms with van der Waals surface area (Å²) in [5, 5.41) is 20.6. The molecular formula is C31H27ClFN3O4S2. The highest BCUT2D eigenvalue weighted by molar-refractivity contribution is 8.00. The summed E-state index contributed by atoms with van der Waals surface area (Å²) in [4.78, 5) is 28.2. The minimum atomic E-state index is -1.01. The fourth-order valence-corrected chi connectivity index (χ4v) is 6.69. The molecule has 1 atom stereocenters. The first kappa shape index (κ1) is 29.8. The highest BCUT2D eigenvalue weighted by atomic mass is 35.5. The molecule has 1 N–H and O–H groups in total. The van der Waals surface area contributed by atoms with Gasteiger partial charge >= 0.3 is 5.91 Å². The van der Waals surface area contributed by atoms with Gasteiger partial charge in [-0.3, -0.25) is 14.5 Å². The minimum absolute atomic E-state index is 0.129. The Morgan fingerprint density at radius 3 is 2.62 bits per heavy atom. The fraction of sp³-hybridized carbons (Fsp3) is 0.226. The van der Waals surface area contributed by atoms with Gasteiger partial charge in [-0.1, -0.05) is 84.8 Å². The third-order valence-electron chi connectivity index (χ3n) is 6.66. The average Bonchev–Trinajstić information content (AvgIpc) is 3.57.